The largest absolute Gasteiger partial charge is 0.397 e. The van der Waals surface area contributed by atoms with Crippen molar-refractivity contribution in [3.05, 3.63) is 23.8 Å². The topological polar surface area (TPSA) is 76.4 Å². The van der Waals surface area contributed by atoms with E-state index in [9.17, 15) is 8.78 Å². The monoisotopic (exact) mass is 294 g/mol. The number of para-hydroxylation sites is 1. The predicted molar refractivity (Wildman–Crippen MR) is 80.5 cm³/mol. The van der Waals surface area contributed by atoms with Crippen molar-refractivity contribution in [1.82, 2.24) is 0 Å². The molecule has 1 atom stereocenters. The highest BCUT2D eigenvalue weighted by atomic mass is 19.3. The van der Waals surface area contributed by atoms with Gasteiger partial charge >= 0.3 is 0 Å². The van der Waals surface area contributed by atoms with Crippen molar-refractivity contribution in [3.8, 4) is 0 Å². The number of aliphatic imine (C=N–C) groups is 1. The molecule has 0 amide bonds. The van der Waals surface area contributed by atoms with E-state index in [0.29, 0.717) is 24.4 Å². The lowest BCUT2D eigenvalue weighted by Gasteiger charge is -2.42. The zero-order valence-electron chi connectivity index (χ0n) is 12.0. The number of anilines is 2. The first kappa shape index (κ1) is 14.1. The van der Waals surface area contributed by atoms with E-state index in [-0.39, 0.29) is 18.8 Å². The van der Waals surface area contributed by atoms with Crippen molar-refractivity contribution in [1.29, 1.82) is 0 Å². The van der Waals surface area contributed by atoms with Crippen molar-refractivity contribution in [2.45, 2.75) is 44.2 Å². The molecule has 5 N–H and O–H groups in total. The van der Waals surface area contributed by atoms with E-state index in [1.165, 1.54) is 0 Å². The summed E-state index contributed by atoms with van der Waals surface area (Å²) in [5.74, 6) is -2.12. The molecule has 1 heterocycles. The lowest BCUT2D eigenvalue weighted by Crippen LogP contribution is -2.48. The lowest BCUT2D eigenvalue weighted by atomic mass is 9.78. The van der Waals surface area contributed by atoms with Crippen LogP contribution >= 0.6 is 0 Å². The van der Waals surface area contributed by atoms with Gasteiger partial charge in [0.25, 0.3) is 0 Å². The minimum atomic E-state index is -2.55. The van der Waals surface area contributed by atoms with Gasteiger partial charge in [-0.2, -0.15) is 0 Å². The van der Waals surface area contributed by atoms with E-state index in [1.54, 1.807) is 6.07 Å². The Balaban J connectivity index is 1.91. The fourth-order valence-corrected chi connectivity index (χ4v) is 3.31. The van der Waals surface area contributed by atoms with Crippen LogP contribution in [0, 0.1) is 5.92 Å². The van der Waals surface area contributed by atoms with Gasteiger partial charge in [-0.25, -0.2) is 13.8 Å². The molecule has 1 aliphatic heterocycles. The number of nitrogens with zero attached hydrogens (tertiary/aromatic N) is 1. The summed E-state index contributed by atoms with van der Waals surface area (Å²) in [6, 6.07) is 5.47. The quantitative estimate of drug-likeness (QED) is 0.697. The second-order valence-corrected chi connectivity index (χ2v) is 6.17. The zero-order chi connectivity index (χ0) is 15.3. The van der Waals surface area contributed by atoms with Crippen LogP contribution in [0.15, 0.2) is 23.2 Å². The number of nitrogen functional groups attached to an aromatic ring is 1. The van der Waals surface area contributed by atoms with Gasteiger partial charge in [0, 0.05) is 24.3 Å². The molecule has 2 aliphatic rings. The third-order valence-corrected chi connectivity index (χ3v) is 4.62. The maximum absolute atomic E-state index is 13.3. The van der Waals surface area contributed by atoms with Gasteiger partial charge in [0.15, 0.2) is 0 Å². The number of hydrogen-bond acceptors (Lipinski definition) is 4. The molecule has 1 aliphatic carbocycles. The summed E-state index contributed by atoms with van der Waals surface area (Å²) in [5.41, 5.74) is 13.5. The number of rotatable bonds is 1. The third kappa shape index (κ3) is 2.43. The molecule has 3 rings (SSSR count). The average molecular weight is 294 g/mol. The molecule has 6 heteroatoms. The first-order valence-electron chi connectivity index (χ1n) is 7.21. The molecular weight excluding hydrogens is 274 g/mol. The number of halogens is 2. The van der Waals surface area contributed by atoms with E-state index in [1.807, 2.05) is 19.1 Å². The maximum atomic E-state index is 13.3. The van der Waals surface area contributed by atoms with Gasteiger partial charge in [0.05, 0.1) is 11.4 Å². The number of fused-ring (bicyclic) bond motifs is 1. The van der Waals surface area contributed by atoms with Gasteiger partial charge < -0.3 is 16.8 Å². The van der Waals surface area contributed by atoms with Gasteiger partial charge in [-0.05, 0) is 31.9 Å². The Kier molecular flexibility index (Phi) is 3.07. The molecule has 4 nitrogen and oxygen atoms in total. The van der Waals surface area contributed by atoms with E-state index < -0.39 is 11.6 Å². The summed E-state index contributed by atoms with van der Waals surface area (Å²) in [5, 5.41) is 3.33. The molecule has 1 aromatic rings. The smallest absolute Gasteiger partial charge is 0.248 e. The Morgan fingerprint density at radius 2 is 1.90 bits per heavy atom. The molecule has 0 spiro atoms. The Morgan fingerprint density at radius 3 is 2.57 bits per heavy atom. The van der Waals surface area contributed by atoms with Gasteiger partial charge in [-0.3, -0.25) is 0 Å². The van der Waals surface area contributed by atoms with Crippen molar-refractivity contribution in [2.75, 3.05) is 11.1 Å². The molecular formula is C15H20F2N4. The number of hydrogen-bond donors (Lipinski definition) is 3. The molecule has 1 fully saturated rings. The van der Waals surface area contributed by atoms with E-state index in [4.69, 9.17) is 11.5 Å². The number of nitrogens with one attached hydrogen (secondary N) is 1. The van der Waals surface area contributed by atoms with Crippen LogP contribution in [-0.4, -0.2) is 17.4 Å². The standard InChI is InChI=1S/C15H20F2N4/c1-14(9-5-7-15(16,17)8-6-9)20-12-10(13(19)21-14)3-2-4-11(12)18/h2-4,9,20H,5-8,18H2,1H3,(H2,19,21). The highest BCUT2D eigenvalue weighted by molar-refractivity contribution is 6.06. The second kappa shape index (κ2) is 4.58. The van der Waals surface area contributed by atoms with Crippen LogP contribution in [0.3, 0.4) is 0 Å². The Bertz CT molecular complexity index is 589. The van der Waals surface area contributed by atoms with E-state index in [0.717, 1.165) is 11.3 Å². The van der Waals surface area contributed by atoms with Crippen LogP contribution in [0.5, 0.6) is 0 Å². The molecule has 1 saturated carbocycles. The first-order valence-corrected chi connectivity index (χ1v) is 7.21. The minimum Gasteiger partial charge on any atom is -0.397 e. The van der Waals surface area contributed by atoms with Crippen LogP contribution in [0.1, 0.15) is 38.2 Å². The minimum absolute atomic E-state index is 0.0171. The third-order valence-electron chi connectivity index (χ3n) is 4.62. The van der Waals surface area contributed by atoms with Gasteiger partial charge in [0.1, 0.15) is 11.5 Å². The molecule has 21 heavy (non-hydrogen) atoms. The van der Waals surface area contributed by atoms with Crippen molar-refractivity contribution >= 4 is 17.2 Å². The fourth-order valence-electron chi connectivity index (χ4n) is 3.31. The second-order valence-electron chi connectivity index (χ2n) is 6.17. The normalized spacial score (nSPS) is 28.4. The molecule has 1 aromatic carbocycles. The molecule has 0 aromatic heterocycles. The molecule has 114 valence electrons. The van der Waals surface area contributed by atoms with Crippen molar-refractivity contribution < 1.29 is 8.78 Å². The SMILES string of the molecule is CC1(C2CCC(F)(F)CC2)N=C(N)c2cccc(N)c2N1. The molecule has 0 radical (unpaired) electrons. The first-order chi connectivity index (χ1) is 9.81. The summed E-state index contributed by atoms with van der Waals surface area (Å²) < 4.78 is 26.7. The average Bonchev–Trinajstić information content (AvgIpc) is 2.40. The summed E-state index contributed by atoms with van der Waals surface area (Å²) in [4.78, 5) is 4.55. The van der Waals surface area contributed by atoms with E-state index in [2.05, 4.69) is 10.3 Å². The van der Waals surface area contributed by atoms with Gasteiger partial charge in [-0.15, -0.1) is 0 Å². The van der Waals surface area contributed by atoms with Crippen molar-refractivity contribution in [3.63, 3.8) is 0 Å². The highest BCUT2D eigenvalue weighted by Crippen LogP contribution is 2.44. The lowest BCUT2D eigenvalue weighted by molar-refractivity contribution is -0.0518. The van der Waals surface area contributed by atoms with Gasteiger partial charge in [0.2, 0.25) is 5.92 Å². The molecule has 1 unspecified atom stereocenters. The van der Waals surface area contributed by atoms with Crippen LogP contribution in [0.4, 0.5) is 20.2 Å². The predicted octanol–water partition coefficient (Wildman–Crippen LogP) is 2.94. The van der Waals surface area contributed by atoms with Crippen LogP contribution in [0.2, 0.25) is 0 Å². The Morgan fingerprint density at radius 1 is 1.24 bits per heavy atom. The summed E-state index contributed by atoms with van der Waals surface area (Å²) in [7, 11) is 0. The zero-order valence-corrected chi connectivity index (χ0v) is 12.0. The molecule has 0 bridgehead atoms. The summed E-state index contributed by atoms with van der Waals surface area (Å²) in [6.45, 7) is 1.91. The fraction of sp³-hybridized carbons (Fsp3) is 0.533. The van der Waals surface area contributed by atoms with Crippen LogP contribution in [-0.2, 0) is 0 Å². The highest BCUT2D eigenvalue weighted by Gasteiger charge is 2.44. The maximum Gasteiger partial charge on any atom is 0.248 e. The molecule has 0 saturated heterocycles. The van der Waals surface area contributed by atoms with Crippen LogP contribution in [0.25, 0.3) is 0 Å². The Labute approximate surface area is 122 Å². The summed E-state index contributed by atoms with van der Waals surface area (Å²) >= 11 is 0. The number of amidine groups is 1. The van der Waals surface area contributed by atoms with E-state index >= 15 is 0 Å². The van der Waals surface area contributed by atoms with Gasteiger partial charge in [-0.1, -0.05) is 6.07 Å². The van der Waals surface area contributed by atoms with Crippen molar-refractivity contribution in [2.24, 2.45) is 16.6 Å². The number of nitrogens with two attached hydrogens (primary N) is 2. The number of alkyl halides is 2. The summed E-state index contributed by atoms with van der Waals surface area (Å²) in [6.07, 6.45) is 0.660. The van der Waals surface area contributed by atoms with Crippen LogP contribution < -0.4 is 16.8 Å². The Hall–Kier alpha value is -1.85. The number of benzene rings is 1.